The maximum Gasteiger partial charge on any atom is 0.163 e. The van der Waals surface area contributed by atoms with Gasteiger partial charge in [-0.3, -0.25) is 0 Å². The molecular weight excluding hydrogens is 270 g/mol. The Morgan fingerprint density at radius 3 is 3.10 bits per heavy atom. The predicted molar refractivity (Wildman–Crippen MR) is 77.9 cm³/mol. The molecule has 7 nitrogen and oxygen atoms in total. The minimum absolute atomic E-state index is 0.0262. The molecule has 1 atom stereocenters. The van der Waals surface area contributed by atoms with Crippen molar-refractivity contribution in [2.24, 2.45) is 0 Å². The fourth-order valence-electron chi connectivity index (χ4n) is 2.28. The molecule has 0 spiro atoms. The number of aliphatic hydroxyl groups is 1. The van der Waals surface area contributed by atoms with Crippen LogP contribution >= 0.6 is 0 Å². The van der Waals surface area contributed by atoms with E-state index in [4.69, 9.17) is 9.52 Å². The van der Waals surface area contributed by atoms with Crippen LogP contribution in [0.15, 0.2) is 35.3 Å². The highest BCUT2D eigenvalue weighted by Crippen LogP contribution is 2.20. The van der Waals surface area contributed by atoms with Crippen LogP contribution in [0.1, 0.15) is 12.7 Å². The summed E-state index contributed by atoms with van der Waals surface area (Å²) in [5, 5.41) is 17.4. The molecule has 3 aromatic heterocycles. The van der Waals surface area contributed by atoms with E-state index in [1.54, 1.807) is 17.1 Å². The molecular formula is C14H17N5O2. The third-order valence-electron chi connectivity index (χ3n) is 3.22. The lowest BCUT2D eigenvalue weighted by Crippen LogP contribution is -2.18. The molecule has 2 N–H and O–H groups in total. The standard InChI is InChI=1S/C14H17N5O2/c1-10(7-11-3-2-6-21-11)18-13-12-8-17-19(4-5-20)14(12)16-9-15-13/h2-3,6,8-10,20H,4-5,7H2,1H3,(H,15,16,18)/t10-/m0/s1. The van der Waals surface area contributed by atoms with Crippen LogP contribution in [0.5, 0.6) is 0 Å². The fraction of sp³-hybridized carbons (Fsp3) is 0.357. The van der Waals surface area contributed by atoms with Crippen molar-refractivity contribution in [3.8, 4) is 0 Å². The second-order valence-electron chi connectivity index (χ2n) is 4.88. The normalized spacial score (nSPS) is 12.7. The van der Waals surface area contributed by atoms with Gasteiger partial charge in [0.2, 0.25) is 0 Å². The van der Waals surface area contributed by atoms with E-state index in [-0.39, 0.29) is 12.6 Å². The second-order valence-corrected chi connectivity index (χ2v) is 4.88. The largest absolute Gasteiger partial charge is 0.469 e. The Labute approximate surface area is 121 Å². The number of fused-ring (bicyclic) bond motifs is 1. The maximum atomic E-state index is 9.03. The zero-order valence-electron chi connectivity index (χ0n) is 11.7. The van der Waals surface area contributed by atoms with Crippen LogP contribution in [0.4, 0.5) is 5.82 Å². The van der Waals surface area contributed by atoms with Gasteiger partial charge in [0, 0.05) is 12.5 Å². The average molecular weight is 287 g/mol. The minimum atomic E-state index is 0.0262. The van der Waals surface area contributed by atoms with Crippen molar-refractivity contribution in [2.45, 2.75) is 25.9 Å². The van der Waals surface area contributed by atoms with Gasteiger partial charge in [0.1, 0.15) is 17.9 Å². The van der Waals surface area contributed by atoms with Crippen molar-refractivity contribution >= 4 is 16.9 Å². The van der Waals surface area contributed by atoms with E-state index in [1.165, 1.54) is 6.33 Å². The fourth-order valence-corrected chi connectivity index (χ4v) is 2.28. The van der Waals surface area contributed by atoms with E-state index in [9.17, 15) is 0 Å². The van der Waals surface area contributed by atoms with Gasteiger partial charge >= 0.3 is 0 Å². The van der Waals surface area contributed by atoms with Crippen LogP contribution in [0, 0.1) is 0 Å². The Kier molecular flexibility index (Phi) is 3.83. The van der Waals surface area contributed by atoms with Gasteiger partial charge in [-0.05, 0) is 19.1 Å². The molecule has 0 aliphatic carbocycles. The van der Waals surface area contributed by atoms with E-state index in [0.29, 0.717) is 12.2 Å². The summed E-state index contributed by atoms with van der Waals surface area (Å²) in [6.45, 7) is 2.51. The monoisotopic (exact) mass is 287 g/mol. The molecule has 0 bridgehead atoms. The van der Waals surface area contributed by atoms with Crippen LogP contribution in [-0.4, -0.2) is 37.5 Å². The summed E-state index contributed by atoms with van der Waals surface area (Å²) in [6, 6.07) is 3.99. The summed E-state index contributed by atoms with van der Waals surface area (Å²) in [4.78, 5) is 8.50. The van der Waals surface area contributed by atoms with Gasteiger partial charge < -0.3 is 14.8 Å². The number of nitrogens with zero attached hydrogens (tertiary/aromatic N) is 4. The van der Waals surface area contributed by atoms with E-state index < -0.39 is 0 Å². The number of nitrogens with one attached hydrogen (secondary N) is 1. The summed E-state index contributed by atoms with van der Waals surface area (Å²) in [5.41, 5.74) is 0.715. The molecule has 0 unspecified atom stereocenters. The smallest absolute Gasteiger partial charge is 0.163 e. The van der Waals surface area contributed by atoms with E-state index >= 15 is 0 Å². The Bertz CT molecular complexity index is 707. The van der Waals surface area contributed by atoms with Gasteiger partial charge in [-0.2, -0.15) is 5.10 Å². The minimum Gasteiger partial charge on any atom is -0.469 e. The Morgan fingerprint density at radius 2 is 2.33 bits per heavy atom. The highest BCUT2D eigenvalue weighted by atomic mass is 16.3. The van der Waals surface area contributed by atoms with Gasteiger partial charge in [-0.15, -0.1) is 0 Å². The lowest BCUT2D eigenvalue weighted by atomic mass is 10.2. The summed E-state index contributed by atoms with van der Waals surface area (Å²) < 4.78 is 7.01. The lowest BCUT2D eigenvalue weighted by Gasteiger charge is -2.13. The quantitative estimate of drug-likeness (QED) is 0.713. The number of hydrogen-bond donors (Lipinski definition) is 2. The Balaban J connectivity index is 1.80. The van der Waals surface area contributed by atoms with Crippen molar-refractivity contribution in [3.05, 3.63) is 36.7 Å². The molecule has 3 heterocycles. The molecule has 7 heteroatoms. The third kappa shape index (κ3) is 2.87. The maximum absolute atomic E-state index is 9.03. The molecule has 0 fully saturated rings. The molecule has 3 aromatic rings. The lowest BCUT2D eigenvalue weighted by molar-refractivity contribution is 0.271. The molecule has 21 heavy (non-hydrogen) atoms. The Morgan fingerprint density at radius 1 is 1.43 bits per heavy atom. The molecule has 0 aromatic carbocycles. The number of aliphatic hydroxyl groups excluding tert-OH is 1. The van der Waals surface area contributed by atoms with Gasteiger partial charge in [-0.25, -0.2) is 14.6 Å². The Hall–Kier alpha value is -2.41. The molecule has 0 aliphatic heterocycles. The van der Waals surface area contributed by atoms with Gasteiger partial charge in [0.25, 0.3) is 0 Å². The van der Waals surface area contributed by atoms with Crippen molar-refractivity contribution in [2.75, 3.05) is 11.9 Å². The van der Waals surface area contributed by atoms with Crippen molar-refractivity contribution in [1.82, 2.24) is 19.7 Å². The number of aromatic nitrogens is 4. The highest BCUT2D eigenvalue weighted by Gasteiger charge is 2.12. The van der Waals surface area contributed by atoms with Crippen LogP contribution < -0.4 is 5.32 Å². The first-order valence-corrected chi connectivity index (χ1v) is 6.84. The summed E-state index contributed by atoms with van der Waals surface area (Å²) in [7, 11) is 0. The molecule has 0 radical (unpaired) electrons. The first-order chi connectivity index (χ1) is 10.3. The highest BCUT2D eigenvalue weighted by molar-refractivity contribution is 5.86. The average Bonchev–Trinajstić information content (AvgIpc) is 3.10. The number of anilines is 1. The van der Waals surface area contributed by atoms with Crippen molar-refractivity contribution in [1.29, 1.82) is 0 Å². The zero-order valence-corrected chi connectivity index (χ0v) is 11.7. The number of hydrogen-bond acceptors (Lipinski definition) is 6. The van der Waals surface area contributed by atoms with Crippen LogP contribution in [-0.2, 0) is 13.0 Å². The number of furan rings is 1. The van der Waals surface area contributed by atoms with E-state index in [0.717, 1.165) is 23.4 Å². The van der Waals surface area contributed by atoms with Gasteiger partial charge in [0.15, 0.2) is 5.65 Å². The third-order valence-corrected chi connectivity index (χ3v) is 3.22. The predicted octanol–water partition coefficient (Wildman–Crippen LogP) is 1.45. The second kappa shape index (κ2) is 5.92. The van der Waals surface area contributed by atoms with Crippen LogP contribution in [0.3, 0.4) is 0 Å². The SMILES string of the molecule is C[C@@H](Cc1ccco1)Nc1ncnc2c1cnn2CCO. The summed E-state index contributed by atoms with van der Waals surface area (Å²) in [6.07, 6.45) is 5.65. The summed E-state index contributed by atoms with van der Waals surface area (Å²) in [5.74, 6) is 1.67. The summed E-state index contributed by atoms with van der Waals surface area (Å²) >= 11 is 0. The zero-order chi connectivity index (χ0) is 14.7. The van der Waals surface area contributed by atoms with E-state index in [2.05, 4.69) is 27.3 Å². The topological polar surface area (TPSA) is 89.0 Å². The van der Waals surface area contributed by atoms with Gasteiger partial charge in [-0.1, -0.05) is 0 Å². The van der Waals surface area contributed by atoms with Crippen molar-refractivity contribution < 1.29 is 9.52 Å². The first-order valence-electron chi connectivity index (χ1n) is 6.84. The first kappa shape index (κ1) is 13.6. The van der Waals surface area contributed by atoms with E-state index in [1.807, 2.05) is 12.1 Å². The van der Waals surface area contributed by atoms with Crippen LogP contribution in [0.25, 0.3) is 11.0 Å². The van der Waals surface area contributed by atoms with Crippen molar-refractivity contribution in [3.63, 3.8) is 0 Å². The molecule has 110 valence electrons. The molecule has 3 rings (SSSR count). The molecule has 0 saturated carbocycles. The van der Waals surface area contributed by atoms with Gasteiger partial charge in [0.05, 0.1) is 31.0 Å². The molecule has 0 saturated heterocycles. The molecule has 0 amide bonds. The van der Waals surface area contributed by atoms with Crippen LogP contribution in [0.2, 0.25) is 0 Å². The number of rotatable bonds is 6. The molecule has 0 aliphatic rings.